The summed E-state index contributed by atoms with van der Waals surface area (Å²) in [5.41, 5.74) is 2.52. The van der Waals surface area contributed by atoms with Gasteiger partial charge in [-0.05, 0) is 24.3 Å². The average Bonchev–Trinajstić information content (AvgIpc) is 2.53. The smallest absolute Gasteiger partial charge is 0.254 e. The zero-order valence-electron chi connectivity index (χ0n) is 12.4. The highest BCUT2D eigenvalue weighted by atomic mass is 19.1. The minimum absolute atomic E-state index is 0.101. The fraction of sp³-hybridized carbons (Fsp3) is 0.111. The van der Waals surface area contributed by atoms with Gasteiger partial charge in [-0.25, -0.2) is 9.37 Å². The summed E-state index contributed by atoms with van der Waals surface area (Å²) < 4.78 is 13.5. The lowest BCUT2D eigenvalue weighted by atomic mass is 10.0. The Kier molecular flexibility index (Phi) is 3.59. The highest BCUT2D eigenvalue weighted by Crippen LogP contribution is 2.25. The first kappa shape index (κ1) is 14.2. The predicted octanol–water partition coefficient (Wildman–Crippen LogP) is 3.74. The lowest BCUT2D eigenvalue weighted by Crippen LogP contribution is -2.22. The van der Waals surface area contributed by atoms with Crippen molar-refractivity contribution in [1.82, 2.24) is 9.88 Å². The first-order valence-corrected chi connectivity index (χ1v) is 6.93. The number of para-hydroxylation sites is 1. The van der Waals surface area contributed by atoms with Crippen LogP contribution in [0.4, 0.5) is 4.39 Å². The number of hydrogen-bond donors (Lipinski definition) is 0. The van der Waals surface area contributed by atoms with Gasteiger partial charge in [0.25, 0.3) is 5.91 Å². The summed E-state index contributed by atoms with van der Waals surface area (Å²) in [5, 5.41) is 0.793. The Morgan fingerprint density at radius 3 is 2.55 bits per heavy atom. The molecule has 0 unspecified atom stereocenters. The Morgan fingerprint density at radius 1 is 1.05 bits per heavy atom. The summed E-state index contributed by atoms with van der Waals surface area (Å²) in [7, 11) is 3.42. The molecule has 0 saturated carbocycles. The number of fused-ring (bicyclic) bond motifs is 1. The van der Waals surface area contributed by atoms with Crippen molar-refractivity contribution in [2.75, 3.05) is 14.1 Å². The Hall–Kier alpha value is -2.75. The number of hydrogen-bond acceptors (Lipinski definition) is 2. The lowest BCUT2D eigenvalue weighted by molar-refractivity contribution is 0.0829. The van der Waals surface area contributed by atoms with E-state index in [9.17, 15) is 9.18 Å². The summed E-state index contributed by atoms with van der Waals surface area (Å²) >= 11 is 0. The second-order valence-electron chi connectivity index (χ2n) is 5.28. The van der Waals surface area contributed by atoms with Gasteiger partial charge in [0.2, 0.25) is 0 Å². The second-order valence-corrected chi connectivity index (χ2v) is 5.28. The molecule has 0 saturated heterocycles. The lowest BCUT2D eigenvalue weighted by Gasteiger charge is -2.14. The van der Waals surface area contributed by atoms with E-state index in [1.54, 1.807) is 32.3 Å². The molecule has 0 atom stereocenters. The van der Waals surface area contributed by atoms with Gasteiger partial charge in [-0.15, -0.1) is 0 Å². The monoisotopic (exact) mass is 294 g/mol. The number of aromatic nitrogens is 1. The highest BCUT2D eigenvalue weighted by Gasteiger charge is 2.15. The van der Waals surface area contributed by atoms with Crippen LogP contribution < -0.4 is 0 Å². The molecule has 22 heavy (non-hydrogen) atoms. The van der Waals surface area contributed by atoms with Gasteiger partial charge in [0.15, 0.2) is 0 Å². The number of amides is 1. The van der Waals surface area contributed by atoms with E-state index in [1.165, 1.54) is 17.0 Å². The van der Waals surface area contributed by atoms with E-state index in [0.717, 1.165) is 10.9 Å². The predicted molar refractivity (Wildman–Crippen MR) is 85.2 cm³/mol. The minimum Gasteiger partial charge on any atom is -0.345 e. The summed E-state index contributed by atoms with van der Waals surface area (Å²) in [4.78, 5) is 18.5. The average molecular weight is 294 g/mol. The molecule has 2 aromatic carbocycles. The largest absolute Gasteiger partial charge is 0.345 e. The summed E-state index contributed by atoms with van der Waals surface area (Å²) in [5.74, 6) is -0.427. The molecule has 0 fully saturated rings. The molecule has 0 aliphatic heterocycles. The normalized spacial score (nSPS) is 10.7. The van der Waals surface area contributed by atoms with Gasteiger partial charge in [-0.3, -0.25) is 4.79 Å². The van der Waals surface area contributed by atoms with E-state index in [4.69, 9.17) is 0 Å². The van der Waals surface area contributed by atoms with Crippen LogP contribution in [-0.2, 0) is 0 Å². The van der Waals surface area contributed by atoms with Crippen LogP contribution in [-0.4, -0.2) is 29.9 Å². The van der Waals surface area contributed by atoms with E-state index in [-0.39, 0.29) is 11.7 Å². The Morgan fingerprint density at radius 2 is 1.82 bits per heavy atom. The molecular formula is C18H15FN2O. The van der Waals surface area contributed by atoms with Gasteiger partial charge in [-0.1, -0.05) is 30.3 Å². The number of nitrogens with zero attached hydrogens (tertiary/aromatic N) is 2. The van der Waals surface area contributed by atoms with Gasteiger partial charge in [0.1, 0.15) is 5.82 Å². The van der Waals surface area contributed by atoms with Crippen molar-refractivity contribution in [3.05, 3.63) is 66.0 Å². The van der Waals surface area contributed by atoms with Crippen molar-refractivity contribution in [3.8, 4) is 11.3 Å². The van der Waals surface area contributed by atoms with E-state index < -0.39 is 0 Å². The summed E-state index contributed by atoms with van der Waals surface area (Å²) in [6, 6.07) is 15.4. The number of rotatable bonds is 2. The number of halogens is 1. The highest BCUT2D eigenvalue weighted by molar-refractivity contribution is 6.07. The molecule has 1 amide bonds. The molecular weight excluding hydrogens is 279 g/mol. The number of pyridine rings is 1. The second kappa shape index (κ2) is 5.56. The molecule has 0 radical (unpaired) electrons. The number of benzene rings is 2. The molecule has 3 aromatic rings. The Bertz CT molecular complexity index is 859. The molecule has 1 aromatic heterocycles. The van der Waals surface area contributed by atoms with Crippen molar-refractivity contribution in [2.24, 2.45) is 0 Å². The molecule has 0 spiro atoms. The third-order valence-corrected chi connectivity index (χ3v) is 3.47. The van der Waals surface area contributed by atoms with E-state index in [2.05, 4.69) is 4.98 Å². The van der Waals surface area contributed by atoms with E-state index in [1.807, 2.05) is 24.3 Å². The SMILES string of the molecule is CN(C)C(=O)c1cc(-c2cccc(F)c2)nc2ccccc12. The molecule has 0 N–H and O–H groups in total. The van der Waals surface area contributed by atoms with Crippen molar-refractivity contribution >= 4 is 16.8 Å². The molecule has 4 heteroatoms. The topological polar surface area (TPSA) is 33.2 Å². The van der Waals surface area contributed by atoms with Crippen molar-refractivity contribution in [1.29, 1.82) is 0 Å². The van der Waals surface area contributed by atoms with E-state index >= 15 is 0 Å². The van der Waals surface area contributed by atoms with Crippen LogP contribution in [0, 0.1) is 5.82 Å². The van der Waals surface area contributed by atoms with Gasteiger partial charge in [0, 0.05) is 25.0 Å². The summed E-state index contributed by atoms with van der Waals surface area (Å²) in [6.07, 6.45) is 0. The van der Waals surface area contributed by atoms with Crippen molar-refractivity contribution < 1.29 is 9.18 Å². The van der Waals surface area contributed by atoms with E-state index in [0.29, 0.717) is 16.8 Å². The fourth-order valence-electron chi connectivity index (χ4n) is 2.39. The molecule has 0 bridgehead atoms. The van der Waals surface area contributed by atoms with Crippen LogP contribution in [0.5, 0.6) is 0 Å². The van der Waals surface area contributed by atoms with Gasteiger partial charge in [0.05, 0.1) is 16.8 Å². The van der Waals surface area contributed by atoms with Gasteiger partial charge < -0.3 is 4.90 Å². The van der Waals surface area contributed by atoms with Crippen molar-refractivity contribution in [3.63, 3.8) is 0 Å². The van der Waals surface area contributed by atoms with Crippen LogP contribution >= 0.6 is 0 Å². The number of carbonyl (C=O) groups excluding carboxylic acids is 1. The third-order valence-electron chi connectivity index (χ3n) is 3.47. The maximum absolute atomic E-state index is 13.5. The van der Waals surface area contributed by atoms with Crippen LogP contribution in [0.25, 0.3) is 22.2 Å². The molecule has 0 aliphatic carbocycles. The standard InChI is InChI=1S/C18H15FN2O/c1-21(2)18(22)15-11-17(12-6-5-7-13(19)10-12)20-16-9-4-3-8-14(15)16/h3-11H,1-2H3. The van der Waals surface area contributed by atoms with Gasteiger partial charge in [-0.2, -0.15) is 0 Å². The van der Waals surface area contributed by atoms with Gasteiger partial charge >= 0.3 is 0 Å². The van der Waals surface area contributed by atoms with Crippen LogP contribution in [0.3, 0.4) is 0 Å². The fourth-order valence-corrected chi connectivity index (χ4v) is 2.39. The Balaban J connectivity index is 2.27. The Labute approximate surface area is 128 Å². The zero-order valence-corrected chi connectivity index (χ0v) is 12.4. The maximum Gasteiger partial charge on any atom is 0.254 e. The quantitative estimate of drug-likeness (QED) is 0.721. The maximum atomic E-state index is 13.5. The molecule has 0 aliphatic rings. The first-order chi connectivity index (χ1) is 10.6. The molecule has 3 nitrogen and oxygen atoms in total. The zero-order chi connectivity index (χ0) is 15.7. The van der Waals surface area contributed by atoms with Crippen LogP contribution in [0.15, 0.2) is 54.6 Å². The van der Waals surface area contributed by atoms with Crippen molar-refractivity contribution in [2.45, 2.75) is 0 Å². The number of carbonyl (C=O) groups is 1. The minimum atomic E-state index is -0.326. The molecule has 110 valence electrons. The van der Waals surface area contributed by atoms with Crippen LogP contribution in [0.2, 0.25) is 0 Å². The summed E-state index contributed by atoms with van der Waals surface area (Å²) in [6.45, 7) is 0. The molecule has 3 rings (SSSR count). The van der Waals surface area contributed by atoms with Crippen LogP contribution in [0.1, 0.15) is 10.4 Å². The third kappa shape index (κ3) is 2.55. The molecule has 1 heterocycles. The first-order valence-electron chi connectivity index (χ1n) is 6.93.